The van der Waals surface area contributed by atoms with Gasteiger partial charge in [0, 0.05) is 13.1 Å². The van der Waals surface area contributed by atoms with E-state index < -0.39 is 15.9 Å². The minimum atomic E-state index is -2.87. The maximum absolute atomic E-state index is 11.4. The van der Waals surface area contributed by atoms with Crippen LogP contribution >= 0.6 is 0 Å². The SMILES string of the molecule is O=C1CC(O)CN1CC1CCS(=O)(=O)C1. The van der Waals surface area contributed by atoms with Gasteiger partial charge in [0.1, 0.15) is 0 Å². The maximum atomic E-state index is 11.4. The van der Waals surface area contributed by atoms with Crippen LogP contribution in [0.2, 0.25) is 0 Å². The second-order valence-corrected chi connectivity index (χ2v) is 6.65. The summed E-state index contributed by atoms with van der Waals surface area (Å²) < 4.78 is 22.4. The van der Waals surface area contributed by atoms with Crippen molar-refractivity contribution >= 4 is 15.7 Å². The van der Waals surface area contributed by atoms with Gasteiger partial charge in [-0.2, -0.15) is 0 Å². The third-order valence-electron chi connectivity index (χ3n) is 3.00. The molecule has 0 aromatic rings. The zero-order valence-electron chi connectivity index (χ0n) is 8.42. The molecule has 2 rings (SSSR count). The number of carbonyl (C=O) groups is 1. The van der Waals surface area contributed by atoms with Crippen LogP contribution in [0.15, 0.2) is 0 Å². The van der Waals surface area contributed by atoms with Gasteiger partial charge in [-0.25, -0.2) is 8.42 Å². The molecule has 2 aliphatic heterocycles. The summed E-state index contributed by atoms with van der Waals surface area (Å²) in [7, 11) is -2.87. The summed E-state index contributed by atoms with van der Waals surface area (Å²) in [5.41, 5.74) is 0. The molecule has 0 spiro atoms. The van der Waals surface area contributed by atoms with Gasteiger partial charge in [-0.05, 0) is 12.3 Å². The third-order valence-corrected chi connectivity index (χ3v) is 4.84. The van der Waals surface area contributed by atoms with Crippen LogP contribution in [-0.4, -0.2) is 55.0 Å². The molecular formula is C9H15NO4S. The summed E-state index contributed by atoms with van der Waals surface area (Å²) in [5.74, 6) is 0.422. The highest BCUT2D eigenvalue weighted by Gasteiger charge is 2.34. The molecule has 0 saturated carbocycles. The lowest BCUT2D eigenvalue weighted by molar-refractivity contribution is -0.128. The number of rotatable bonds is 2. The molecule has 2 unspecified atom stereocenters. The number of likely N-dealkylation sites (tertiary alicyclic amines) is 1. The van der Waals surface area contributed by atoms with E-state index >= 15 is 0 Å². The minimum Gasteiger partial charge on any atom is -0.391 e. The number of amides is 1. The first-order valence-electron chi connectivity index (χ1n) is 5.12. The van der Waals surface area contributed by atoms with Crippen molar-refractivity contribution in [2.75, 3.05) is 24.6 Å². The first-order chi connectivity index (χ1) is 6.96. The Balaban J connectivity index is 1.91. The van der Waals surface area contributed by atoms with Crippen molar-refractivity contribution in [1.82, 2.24) is 4.90 Å². The number of aliphatic hydroxyl groups excluding tert-OH is 1. The van der Waals surface area contributed by atoms with Crippen LogP contribution in [0.25, 0.3) is 0 Å². The van der Waals surface area contributed by atoms with E-state index in [-0.39, 0.29) is 29.8 Å². The summed E-state index contributed by atoms with van der Waals surface area (Å²) in [4.78, 5) is 12.9. The lowest BCUT2D eigenvalue weighted by atomic mass is 10.1. The molecule has 1 amide bonds. The van der Waals surface area contributed by atoms with Gasteiger partial charge in [-0.1, -0.05) is 0 Å². The molecule has 5 nitrogen and oxygen atoms in total. The van der Waals surface area contributed by atoms with E-state index in [1.807, 2.05) is 0 Å². The molecule has 0 aromatic heterocycles. The Kier molecular flexibility index (Phi) is 2.72. The van der Waals surface area contributed by atoms with Gasteiger partial charge in [0.2, 0.25) is 5.91 Å². The van der Waals surface area contributed by atoms with Crippen molar-refractivity contribution in [3.8, 4) is 0 Å². The molecule has 1 N–H and O–H groups in total. The fourth-order valence-electron chi connectivity index (χ4n) is 2.26. The Morgan fingerprint density at radius 1 is 1.47 bits per heavy atom. The summed E-state index contributed by atoms with van der Waals surface area (Å²) in [6.45, 7) is 0.838. The van der Waals surface area contributed by atoms with Gasteiger partial charge < -0.3 is 10.0 Å². The Morgan fingerprint density at radius 3 is 2.67 bits per heavy atom. The van der Waals surface area contributed by atoms with E-state index in [0.29, 0.717) is 19.5 Å². The van der Waals surface area contributed by atoms with E-state index in [1.165, 1.54) is 0 Å². The van der Waals surface area contributed by atoms with Crippen molar-refractivity contribution in [3.05, 3.63) is 0 Å². The largest absolute Gasteiger partial charge is 0.391 e. The van der Waals surface area contributed by atoms with Crippen LogP contribution in [0, 0.1) is 5.92 Å². The lowest BCUT2D eigenvalue weighted by Gasteiger charge is -2.19. The van der Waals surface area contributed by atoms with Crippen LogP contribution in [0.4, 0.5) is 0 Å². The van der Waals surface area contributed by atoms with Gasteiger partial charge >= 0.3 is 0 Å². The van der Waals surface area contributed by atoms with Crippen molar-refractivity contribution in [3.63, 3.8) is 0 Å². The molecule has 86 valence electrons. The average Bonchev–Trinajstić information content (AvgIpc) is 2.57. The van der Waals surface area contributed by atoms with Gasteiger partial charge in [0.15, 0.2) is 9.84 Å². The van der Waals surface area contributed by atoms with E-state index in [0.717, 1.165) is 0 Å². The molecule has 0 aliphatic carbocycles. The standard InChI is InChI=1S/C9H15NO4S/c11-8-3-9(12)10(5-8)4-7-1-2-15(13,14)6-7/h7-8,11H,1-6H2. The summed E-state index contributed by atoms with van der Waals surface area (Å²) in [6.07, 6.45) is 0.248. The number of hydrogen-bond donors (Lipinski definition) is 1. The second kappa shape index (κ2) is 3.75. The van der Waals surface area contributed by atoms with Crippen LogP contribution in [-0.2, 0) is 14.6 Å². The van der Waals surface area contributed by atoms with E-state index in [1.54, 1.807) is 4.90 Å². The quantitative estimate of drug-likeness (QED) is 0.665. The van der Waals surface area contributed by atoms with Crippen LogP contribution in [0.3, 0.4) is 0 Å². The van der Waals surface area contributed by atoms with Crippen molar-refractivity contribution in [2.24, 2.45) is 5.92 Å². The molecule has 0 bridgehead atoms. The van der Waals surface area contributed by atoms with Crippen LogP contribution in [0.5, 0.6) is 0 Å². The zero-order chi connectivity index (χ0) is 11.1. The number of β-amino-alcohol motifs (C(OH)–C–C–N with tert-alkyl or cyclic N) is 1. The van der Waals surface area contributed by atoms with Gasteiger partial charge in [0.05, 0.1) is 24.0 Å². The molecule has 2 heterocycles. The fourth-order valence-corrected chi connectivity index (χ4v) is 4.10. The van der Waals surface area contributed by atoms with Crippen molar-refractivity contribution in [1.29, 1.82) is 0 Å². The predicted octanol–water partition coefficient (Wildman–Crippen LogP) is -0.986. The van der Waals surface area contributed by atoms with E-state index in [9.17, 15) is 18.3 Å². The number of sulfone groups is 1. The third kappa shape index (κ3) is 2.49. The molecule has 15 heavy (non-hydrogen) atoms. The van der Waals surface area contributed by atoms with E-state index in [4.69, 9.17) is 0 Å². The normalized spacial score (nSPS) is 35.0. The van der Waals surface area contributed by atoms with Crippen LogP contribution < -0.4 is 0 Å². The monoisotopic (exact) mass is 233 g/mol. The maximum Gasteiger partial charge on any atom is 0.225 e. The zero-order valence-corrected chi connectivity index (χ0v) is 9.24. The summed E-state index contributed by atoms with van der Waals surface area (Å²) >= 11 is 0. The fraction of sp³-hybridized carbons (Fsp3) is 0.889. The Morgan fingerprint density at radius 2 is 2.20 bits per heavy atom. The van der Waals surface area contributed by atoms with Gasteiger partial charge in [-0.3, -0.25) is 4.79 Å². The summed E-state index contributed by atoms with van der Waals surface area (Å²) in [6, 6.07) is 0. The number of carbonyl (C=O) groups excluding carboxylic acids is 1. The molecule has 0 aromatic carbocycles. The predicted molar refractivity (Wildman–Crippen MR) is 54.0 cm³/mol. The molecule has 2 fully saturated rings. The summed E-state index contributed by atoms with van der Waals surface area (Å²) in [5, 5.41) is 9.27. The van der Waals surface area contributed by atoms with E-state index in [2.05, 4.69) is 0 Å². The Hall–Kier alpha value is -0.620. The molecule has 2 aliphatic rings. The van der Waals surface area contributed by atoms with Crippen molar-refractivity contribution < 1.29 is 18.3 Å². The number of nitrogens with zero attached hydrogens (tertiary/aromatic N) is 1. The number of hydrogen-bond acceptors (Lipinski definition) is 4. The molecule has 6 heteroatoms. The molecule has 0 radical (unpaired) electrons. The topological polar surface area (TPSA) is 74.7 Å². The smallest absolute Gasteiger partial charge is 0.225 e. The second-order valence-electron chi connectivity index (χ2n) is 4.43. The highest BCUT2D eigenvalue weighted by Crippen LogP contribution is 2.21. The highest BCUT2D eigenvalue weighted by molar-refractivity contribution is 7.91. The Bertz CT molecular complexity index is 364. The molecule has 2 saturated heterocycles. The van der Waals surface area contributed by atoms with Crippen LogP contribution in [0.1, 0.15) is 12.8 Å². The number of aliphatic hydroxyl groups is 1. The first-order valence-corrected chi connectivity index (χ1v) is 6.95. The molecule has 2 atom stereocenters. The first kappa shape index (κ1) is 10.9. The highest BCUT2D eigenvalue weighted by atomic mass is 32.2. The molecular weight excluding hydrogens is 218 g/mol. The van der Waals surface area contributed by atoms with Gasteiger partial charge in [-0.15, -0.1) is 0 Å². The average molecular weight is 233 g/mol. The Labute approximate surface area is 89.0 Å². The lowest BCUT2D eigenvalue weighted by Crippen LogP contribution is -2.32. The van der Waals surface area contributed by atoms with Crippen molar-refractivity contribution in [2.45, 2.75) is 18.9 Å². The van der Waals surface area contributed by atoms with Gasteiger partial charge in [0.25, 0.3) is 0 Å². The minimum absolute atomic E-state index is 0.0595.